The lowest BCUT2D eigenvalue weighted by Gasteiger charge is -2.19. The van der Waals surface area contributed by atoms with Crippen molar-refractivity contribution in [2.45, 2.75) is 17.4 Å². The molecule has 2 N–H and O–H groups in total. The van der Waals surface area contributed by atoms with Crippen molar-refractivity contribution in [3.05, 3.63) is 93.9 Å². The molecule has 0 radical (unpaired) electrons. The number of rotatable bonds is 7. The van der Waals surface area contributed by atoms with Crippen LogP contribution in [-0.2, 0) is 21.2 Å². The number of hydrogen-bond donors (Lipinski definition) is 2. The Kier molecular flexibility index (Phi) is 7.08. The molecule has 1 unspecified atom stereocenters. The molecule has 1 amide bonds. The van der Waals surface area contributed by atoms with Gasteiger partial charge in [0, 0.05) is 15.2 Å². The lowest BCUT2D eigenvalue weighted by atomic mass is 10.1. The molecule has 0 aliphatic rings. The van der Waals surface area contributed by atoms with E-state index >= 15 is 0 Å². The Labute approximate surface area is 183 Å². The number of carbonyl (C=O) groups is 1. The molecule has 29 heavy (non-hydrogen) atoms. The van der Waals surface area contributed by atoms with E-state index < -0.39 is 22.0 Å². The van der Waals surface area contributed by atoms with E-state index in [1.807, 2.05) is 30.3 Å². The van der Waals surface area contributed by atoms with Gasteiger partial charge in [0.2, 0.25) is 15.9 Å². The van der Waals surface area contributed by atoms with Gasteiger partial charge in [-0.15, -0.1) is 0 Å². The van der Waals surface area contributed by atoms with Gasteiger partial charge >= 0.3 is 0 Å². The molecule has 0 bridgehead atoms. The van der Waals surface area contributed by atoms with Crippen LogP contribution in [0.1, 0.15) is 5.56 Å². The van der Waals surface area contributed by atoms with Crippen LogP contribution in [-0.4, -0.2) is 20.4 Å². The molecule has 0 aromatic heterocycles. The highest BCUT2D eigenvalue weighted by Gasteiger charge is 2.26. The number of anilines is 1. The predicted molar refractivity (Wildman–Crippen MR) is 118 cm³/mol. The minimum Gasteiger partial charge on any atom is -0.325 e. The second kappa shape index (κ2) is 9.54. The van der Waals surface area contributed by atoms with Crippen molar-refractivity contribution in [1.29, 1.82) is 0 Å². The largest absolute Gasteiger partial charge is 0.325 e. The van der Waals surface area contributed by atoms with Gasteiger partial charge in [-0.1, -0.05) is 57.9 Å². The molecule has 5 nitrogen and oxygen atoms in total. The highest BCUT2D eigenvalue weighted by atomic mass is 79.9. The quantitative estimate of drug-likeness (QED) is 0.504. The average Bonchev–Trinajstić information content (AvgIpc) is 2.70. The van der Waals surface area contributed by atoms with Crippen LogP contribution in [0.5, 0.6) is 0 Å². The molecule has 0 aliphatic carbocycles. The summed E-state index contributed by atoms with van der Waals surface area (Å²) in [4.78, 5) is 12.9. The summed E-state index contributed by atoms with van der Waals surface area (Å²) in [7, 11) is -3.92. The van der Waals surface area contributed by atoms with Gasteiger partial charge < -0.3 is 5.32 Å². The Balaban J connectivity index is 1.84. The van der Waals surface area contributed by atoms with Gasteiger partial charge in [-0.3, -0.25) is 4.79 Å². The normalized spacial score (nSPS) is 12.3. The van der Waals surface area contributed by atoms with E-state index in [9.17, 15) is 13.2 Å². The van der Waals surface area contributed by atoms with Crippen molar-refractivity contribution < 1.29 is 13.2 Å². The van der Waals surface area contributed by atoms with Crippen LogP contribution in [0.15, 0.2) is 88.2 Å². The monoisotopic (exact) mass is 492 g/mol. The summed E-state index contributed by atoms with van der Waals surface area (Å²) in [5.74, 6) is -0.450. The number of halogens is 2. The molecule has 0 saturated heterocycles. The fourth-order valence-corrected chi connectivity index (χ4v) is 4.26. The minimum absolute atomic E-state index is 0.0383. The molecular weight excluding hydrogens is 476 g/mol. The smallest absolute Gasteiger partial charge is 0.242 e. The van der Waals surface area contributed by atoms with Crippen molar-refractivity contribution >= 4 is 49.1 Å². The second-order valence-corrected chi connectivity index (χ2v) is 9.38. The maximum atomic E-state index is 12.9. The predicted octanol–water partition coefficient (Wildman–Crippen LogP) is 4.63. The molecule has 3 rings (SSSR count). The van der Waals surface area contributed by atoms with Gasteiger partial charge in [0.1, 0.15) is 6.04 Å². The van der Waals surface area contributed by atoms with E-state index in [4.69, 9.17) is 11.6 Å². The third-order valence-electron chi connectivity index (χ3n) is 4.13. The summed E-state index contributed by atoms with van der Waals surface area (Å²) in [5.41, 5.74) is 1.41. The van der Waals surface area contributed by atoms with Crippen molar-refractivity contribution in [3.63, 3.8) is 0 Å². The second-order valence-electron chi connectivity index (χ2n) is 6.31. The molecule has 0 heterocycles. The van der Waals surface area contributed by atoms with Crippen molar-refractivity contribution in [1.82, 2.24) is 4.72 Å². The van der Waals surface area contributed by atoms with E-state index in [0.29, 0.717) is 10.7 Å². The number of amides is 1. The van der Waals surface area contributed by atoms with Gasteiger partial charge in [0.05, 0.1) is 4.90 Å². The number of sulfonamides is 1. The number of hydrogen-bond acceptors (Lipinski definition) is 3. The lowest BCUT2D eigenvalue weighted by Crippen LogP contribution is -2.45. The summed E-state index contributed by atoms with van der Waals surface area (Å²) in [6, 6.07) is 21.1. The fourth-order valence-electron chi connectivity index (χ4n) is 2.67. The Morgan fingerprint density at radius 3 is 2.17 bits per heavy atom. The molecule has 0 spiro atoms. The molecule has 0 saturated carbocycles. The summed E-state index contributed by atoms with van der Waals surface area (Å²) in [6.45, 7) is 0. The van der Waals surface area contributed by atoms with Gasteiger partial charge in [0.25, 0.3) is 0 Å². The maximum Gasteiger partial charge on any atom is 0.242 e. The topological polar surface area (TPSA) is 75.3 Å². The molecule has 8 heteroatoms. The first kappa shape index (κ1) is 21.5. The summed E-state index contributed by atoms with van der Waals surface area (Å²) >= 11 is 9.19. The number of nitrogens with one attached hydrogen (secondary N) is 2. The highest BCUT2D eigenvalue weighted by Crippen LogP contribution is 2.17. The number of benzene rings is 3. The lowest BCUT2D eigenvalue weighted by molar-refractivity contribution is -0.117. The van der Waals surface area contributed by atoms with Crippen LogP contribution in [0.25, 0.3) is 0 Å². The van der Waals surface area contributed by atoms with Crippen LogP contribution < -0.4 is 10.0 Å². The zero-order valence-corrected chi connectivity index (χ0v) is 18.3. The Morgan fingerprint density at radius 2 is 1.55 bits per heavy atom. The van der Waals surface area contributed by atoms with Crippen molar-refractivity contribution in [2.24, 2.45) is 0 Å². The van der Waals surface area contributed by atoms with E-state index in [0.717, 1.165) is 10.0 Å². The van der Waals surface area contributed by atoms with Gasteiger partial charge in [0.15, 0.2) is 0 Å². The average molecular weight is 494 g/mol. The molecule has 0 fully saturated rings. The van der Waals surface area contributed by atoms with Crippen LogP contribution in [0.2, 0.25) is 5.02 Å². The van der Waals surface area contributed by atoms with Crippen LogP contribution in [0, 0.1) is 0 Å². The van der Waals surface area contributed by atoms with Gasteiger partial charge in [-0.25, -0.2) is 8.42 Å². The van der Waals surface area contributed by atoms with Gasteiger partial charge in [-0.05, 0) is 60.5 Å². The van der Waals surface area contributed by atoms with Crippen LogP contribution >= 0.6 is 27.5 Å². The van der Waals surface area contributed by atoms with Crippen molar-refractivity contribution in [3.8, 4) is 0 Å². The first-order valence-electron chi connectivity index (χ1n) is 8.72. The zero-order chi connectivity index (χ0) is 20.9. The molecule has 1 atom stereocenters. The van der Waals surface area contributed by atoms with E-state index in [1.54, 1.807) is 24.3 Å². The molecule has 3 aromatic carbocycles. The van der Waals surface area contributed by atoms with E-state index in [1.165, 1.54) is 24.3 Å². The Morgan fingerprint density at radius 1 is 0.931 bits per heavy atom. The standard InChI is InChI=1S/C21H18BrClN2O3S/c22-16-6-10-18(11-7-16)24-21(26)20(14-15-4-2-1-3-5-15)25-29(27,28)19-12-8-17(23)9-13-19/h1-13,20,25H,14H2,(H,24,26). The molecule has 3 aromatic rings. The zero-order valence-electron chi connectivity index (χ0n) is 15.2. The first-order valence-corrected chi connectivity index (χ1v) is 11.4. The molecule has 0 aliphatic heterocycles. The summed E-state index contributed by atoms with van der Waals surface area (Å²) in [6.07, 6.45) is 0.204. The first-order chi connectivity index (χ1) is 13.8. The summed E-state index contributed by atoms with van der Waals surface area (Å²) in [5, 5.41) is 3.19. The highest BCUT2D eigenvalue weighted by molar-refractivity contribution is 9.10. The SMILES string of the molecule is O=C(Nc1ccc(Br)cc1)C(Cc1ccccc1)NS(=O)(=O)c1ccc(Cl)cc1. The van der Waals surface area contributed by atoms with Crippen LogP contribution in [0.4, 0.5) is 5.69 Å². The third kappa shape index (κ3) is 6.14. The van der Waals surface area contributed by atoms with Crippen LogP contribution in [0.3, 0.4) is 0 Å². The maximum absolute atomic E-state index is 12.9. The molecule has 150 valence electrons. The summed E-state index contributed by atoms with van der Waals surface area (Å²) < 4.78 is 29.0. The third-order valence-corrected chi connectivity index (χ3v) is 6.40. The minimum atomic E-state index is -3.92. The van der Waals surface area contributed by atoms with E-state index in [2.05, 4.69) is 26.0 Å². The van der Waals surface area contributed by atoms with Crippen molar-refractivity contribution in [2.75, 3.05) is 5.32 Å². The van der Waals surface area contributed by atoms with Gasteiger partial charge in [-0.2, -0.15) is 4.72 Å². The Bertz CT molecular complexity index is 1070. The molecular formula is C21H18BrClN2O3S. The Hall–Kier alpha value is -2.19. The number of carbonyl (C=O) groups excluding carboxylic acids is 1. The van der Waals surface area contributed by atoms with E-state index in [-0.39, 0.29) is 11.3 Å². The fraction of sp³-hybridized carbons (Fsp3) is 0.0952.